The molecule has 0 bridgehead atoms. The number of nitrogens with one attached hydrogen (secondary N) is 1. The van der Waals surface area contributed by atoms with Crippen LogP contribution in [-0.2, 0) is 0 Å². The Hall–Kier alpha value is -1.95. The molecule has 0 heterocycles. The lowest BCUT2D eigenvalue weighted by molar-refractivity contribution is 0.0697. The smallest absolute Gasteiger partial charge is 0.335 e. The van der Waals surface area contributed by atoms with Gasteiger partial charge in [0, 0.05) is 11.7 Å². The number of carboxylic acid groups (broad SMARTS) is 1. The van der Waals surface area contributed by atoms with Crippen LogP contribution in [-0.4, -0.2) is 11.1 Å². The van der Waals surface area contributed by atoms with Crippen molar-refractivity contribution in [3.05, 3.63) is 29.3 Å². The van der Waals surface area contributed by atoms with Crippen molar-refractivity contribution in [1.29, 1.82) is 0 Å². The highest BCUT2D eigenvalue weighted by molar-refractivity contribution is 5.88. The molecule has 0 atom stereocenters. The van der Waals surface area contributed by atoms with E-state index in [1.807, 2.05) is 0 Å². The molecule has 0 fully saturated rings. The number of aryl methyl sites for hydroxylation is 1. The molecule has 0 spiro atoms. The summed E-state index contributed by atoms with van der Waals surface area (Å²) >= 11 is 0. The Kier molecular flexibility index (Phi) is 2.56. The molecule has 0 aliphatic heterocycles. The number of carbonyl (C=O) groups is 1. The van der Waals surface area contributed by atoms with Crippen molar-refractivity contribution in [3.8, 4) is 12.5 Å². The average molecular weight is 175 g/mol. The van der Waals surface area contributed by atoms with Gasteiger partial charge in [-0.25, -0.2) is 4.79 Å². The van der Waals surface area contributed by atoms with Crippen LogP contribution >= 0.6 is 0 Å². The molecule has 0 saturated heterocycles. The number of hydrogen-bond acceptors (Lipinski definition) is 2. The summed E-state index contributed by atoms with van der Waals surface area (Å²) in [6, 6.07) is 7.01. The van der Waals surface area contributed by atoms with Crippen LogP contribution in [0.1, 0.15) is 15.9 Å². The maximum Gasteiger partial charge on any atom is 0.335 e. The van der Waals surface area contributed by atoms with E-state index < -0.39 is 5.97 Å². The summed E-state index contributed by atoms with van der Waals surface area (Å²) in [7, 11) is 0. The molecule has 3 nitrogen and oxygen atoms in total. The van der Waals surface area contributed by atoms with E-state index in [0.29, 0.717) is 0 Å². The Morgan fingerprint density at radius 2 is 2.31 bits per heavy atom. The van der Waals surface area contributed by atoms with Crippen LogP contribution in [0, 0.1) is 19.4 Å². The second kappa shape index (κ2) is 3.63. The van der Waals surface area contributed by atoms with E-state index in [4.69, 9.17) is 11.5 Å². The average Bonchev–Trinajstić information content (AvgIpc) is 2.08. The molecule has 13 heavy (non-hydrogen) atoms. The van der Waals surface area contributed by atoms with E-state index in [0.717, 1.165) is 11.3 Å². The molecule has 0 aliphatic rings. The first-order valence-corrected chi connectivity index (χ1v) is 3.70. The first-order valence-electron chi connectivity index (χ1n) is 3.70. The van der Waals surface area contributed by atoms with E-state index >= 15 is 0 Å². The molecule has 3 heteroatoms. The summed E-state index contributed by atoms with van der Waals surface area (Å²) in [5.74, 6) is -0.935. The van der Waals surface area contributed by atoms with Gasteiger partial charge >= 0.3 is 5.97 Å². The quantitative estimate of drug-likeness (QED) is 0.531. The Labute approximate surface area is 76.4 Å². The fraction of sp³-hybridized carbons (Fsp3) is 0.100. The van der Waals surface area contributed by atoms with Crippen LogP contribution in [0.25, 0.3) is 0 Å². The number of anilines is 1. The molecule has 0 amide bonds. The molecule has 0 aromatic heterocycles. The highest BCUT2D eigenvalue weighted by atomic mass is 16.4. The molecular weight excluding hydrogens is 166 g/mol. The van der Waals surface area contributed by atoms with Crippen LogP contribution in [0.2, 0.25) is 0 Å². The predicted octanol–water partition coefficient (Wildman–Crippen LogP) is 1.70. The lowest BCUT2D eigenvalue weighted by Crippen LogP contribution is -1.98. The van der Waals surface area contributed by atoms with Gasteiger partial charge in [0.25, 0.3) is 0 Å². The fourth-order valence-electron chi connectivity index (χ4n) is 1.01. The van der Waals surface area contributed by atoms with Crippen molar-refractivity contribution in [2.24, 2.45) is 0 Å². The van der Waals surface area contributed by atoms with Gasteiger partial charge < -0.3 is 10.4 Å². The maximum absolute atomic E-state index is 10.6. The number of rotatable bonds is 2. The monoisotopic (exact) mass is 175 g/mol. The lowest BCUT2D eigenvalue weighted by Gasteiger charge is -2.03. The van der Waals surface area contributed by atoms with Crippen molar-refractivity contribution in [2.75, 3.05) is 5.32 Å². The molecule has 0 radical (unpaired) electrons. The van der Waals surface area contributed by atoms with Gasteiger partial charge in [0.05, 0.1) is 5.56 Å². The lowest BCUT2D eigenvalue weighted by atomic mass is 10.1. The molecule has 0 aliphatic carbocycles. The van der Waals surface area contributed by atoms with Crippen LogP contribution in [0.4, 0.5) is 5.69 Å². The minimum atomic E-state index is -0.935. The zero-order valence-electron chi connectivity index (χ0n) is 7.16. The topological polar surface area (TPSA) is 49.3 Å². The molecule has 2 N–H and O–H groups in total. The van der Waals surface area contributed by atoms with Gasteiger partial charge in [-0.05, 0) is 30.7 Å². The van der Waals surface area contributed by atoms with Crippen molar-refractivity contribution in [1.82, 2.24) is 0 Å². The molecular formula is C10H9NO2. The number of hydrogen-bond donors (Lipinski definition) is 2. The second-order valence-corrected chi connectivity index (χ2v) is 2.60. The van der Waals surface area contributed by atoms with Gasteiger partial charge in [-0.1, -0.05) is 6.42 Å². The van der Waals surface area contributed by atoms with E-state index in [2.05, 4.69) is 11.4 Å². The largest absolute Gasteiger partial charge is 0.478 e. The zero-order valence-corrected chi connectivity index (χ0v) is 7.16. The Morgan fingerprint density at radius 1 is 1.62 bits per heavy atom. The van der Waals surface area contributed by atoms with Gasteiger partial charge in [-0.2, -0.15) is 0 Å². The van der Waals surface area contributed by atoms with Gasteiger partial charge in [0.15, 0.2) is 0 Å². The predicted molar refractivity (Wildman–Crippen MR) is 50.6 cm³/mol. The Morgan fingerprint density at radius 3 is 2.77 bits per heavy atom. The summed E-state index contributed by atoms with van der Waals surface area (Å²) in [5.41, 5.74) is 1.84. The first kappa shape index (κ1) is 9.14. The van der Waals surface area contributed by atoms with E-state index in [-0.39, 0.29) is 5.56 Å². The van der Waals surface area contributed by atoms with Crippen LogP contribution in [0.3, 0.4) is 0 Å². The van der Waals surface area contributed by atoms with Crippen molar-refractivity contribution >= 4 is 11.7 Å². The number of benzene rings is 1. The normalized spacial score (nSPS) is 8.92. The third-order valence-electron chi connectivity index (χ3n) is 1.68. The first-order chi connectivity index (χ1) is 6.15. The number of terminal acetylenes is 1. The molecule has 1 rings (SSSR count). The standard InChI is InChI=1S/C10H9NO2/c1-3-11-9-5-4-8(10(12)13)6-7(9)2/h1,4-6,11H,2H3,(H,12,13). The summed E-state index contributed by atoms with van der Waals surface area (Å²) in [6.45, 7) is 1.80. The van der Waals surface area contributed by atoms with Gasteiger partial charge in [-0.3, -0.25) is 0 Å². The van der Waals surface area contributed by atoms with Crippen LogP contribution in [0.5, 0.6) is 0 Å². The number of carboxylic acids is 1. The third-order valence-corrected chi connectivity index (χ3v) is 1.68. The minimum absolute atomic E-state index is 0.264. The summed E-state index contributed by atoms with van der Waals surface area (Å²) in [5, 5.41) is 11.3. The fourth-order valence-corrected chi connectivity index (χ4v) is 1.01. The van der Waals surface area contributed by atoms with Gasteiger partial charge in [0.1, 0.15) is 0 Å². The molecule has 1 aromatic carbocycles. The van der Waals surface area contributed by atoms with Gasteiger partial charge in [0.2, 0.25) is 0 Å². The minimum Gasteiger partial charge on any atom is -0.478 e. The maximum atomic E-state index is 10.6. The van der Waals surface area contributed by atoms with Gasteiger partial charge in [-0.15, -0.1) is 0 Å². The van der Waals surface area contributed by atoms with Crippen LogP contribution < -0.4 is 5.32 Å². The zero-order chi connectivity index (χ0) is 9.84. The van der Waals surface area contributed by atoms with Crippen molar-refractivity contribution in [3.63, 3.8) is 0 Å². The third kappa shape index (κ3) is 2.00. The Balaban J connectivity index is 3.07. The summed E-state index contributed by atoms with van der Waals surface area (Å²) in [4.78, 5) is 10.6. The molecule has 1 aromatic rings. The van der Waals surface area contributed by atoms with E-state index in [9.17, 15) is 4.79 Å². The van der Waals surface area contributed by atoms with Crippen LogP contribution in [0.15, 0.2) is 18.2 Å². The molecule has 0 saturated carbocycles. The summed E-state index contributed by atoms with van der Waals surface area (Å²) in [6.07, 6.45) is 5.05. The Bertz CT molecular complexity index is 377. The van der Waals surface area contributed by atoms with Crippen molar-refractivity contribution < 1.29 is 9.90 Å². The second-order valence-electron chi connectivity index (χ2n) is 2.60. The SMILES string of the molecule is C#CNc1ccc(C(=O)O)cc1C. The molecule has 66 valence electrons. The highest BCUT2D eigenvalue weighted by Crippen LogP contribution is 2.15. The molecule has 0 unspecified atom stereocenters. The summed E-state index contributed by atoms with van der Waals surface area (Å²) < 4.78 is 0. The van der Waals surface area contributed by atoms with Crippen molar-refractivity contribution in [2.45, 2.75) is 6.92 Å². The van der Waals surface area contributed by atoms with E-state index in [1.165, 1.54) is 6.07 Å². The number of aromatic carboxylic acids is 1. The van der Waals surface area contributed by atoms with E-state index in [1.54, 1.807) is 19.1 Å². The highest BCUT2D eigenvalue weighted by Gasteiger charge is 2.04.